The van der Waals surface area contributed by atoms with Gasteiger partial charge in [-0.25, -0.2) is 4.79 Å². The third-order valence-electron chi connectivity index (χ3n) is 4.13. The lowest BCUT2D eigenvalue weighted by Gasteiger charge is -2.24. The fourth-order valence-electron chi connectivity index (χ4n) is 2.75. The van der Waals surface area contributed by atoms with E-state index in [1.165, 1.54) is 6.21 Å². The van der Waals surface area contributed by atoms with E-state index in [-0.39, 0.29) is 0 Å². The van der Waals surface area contributed by atoms with Crippen LogP contribution in [0.3, 0.4) is 0 Å². The molecule has 2 aromatic rings. The molecule has 1 fully saturated rings. The number of halogens is 2. The number of nitrogens with one attached hydrogen (secondary N) is 1. The van der Waals surface area contributed by atoms with Gasteiger partial charge < -0.3 is 5.32 Å². The number of hydrazone groups is 1. The van der Waals surface area contributed by atoms with Crippen LogP contribution in [-0.2, 0) is 10.3 Å². The van der Waals surface area contributed by atoms with Crippen LogP contribution < -0.4 is 5.32 Å². The van der Waals surface area contributed by atoms with Crippen molar-refractivity contribution in [2.24, 2.45) is 5.10 Å². The number of carbonyl (C=O) groups is 2. The summed E-state index contributed by atoms with van der Waals surface area (Å²) >= 11 is 11.8. The van der Waals surface area contributed by atoms with Gasteiger partial charge in [-0.15, -0.1) is 5.01 Å². The zero-order chi connectivity index (χ0) is 18.0. The van der Waals surface area contributed by atoms with Gasteiger partial charge in [0.25, 0.3) is 5.91 Å². The number of amides is 3. The lowest BCUT2D eigenvalue weighted by Crippen LogP contribution is -2.43. The van der Waals surface area contributed by atoms with E-state index in [1.807, 2.05) is 37.3 Å². The fourth-order valence-corrected chi connectivity index (χ4v) is 3.05. The standard InChI is InChI=1S/C18H15Cl2N3O2/c1-2-18(13-6-4-3-5-7-13)16(24)23(17(25)22-18)21-11-12-8-9-14(19)15(20)10-12/h3-11H,2H2,1H3,(H,22,25)/b21-11-/t18-/m1/s1. The topological polar surface area (TPSA) is 61.8 Å². The van der Waals surface area contributed by atoms with Gasteiger partial charge in [-0.3, -0.25) is 4.79 Å². The molecule has 1 aliphatic heterocycles. The second-order valence-electron chi connectivity index (χ2n) is 5.59. The number of urea groups is 1. The fraction of sp³-hybridized carbons (Fsp3) is 0.167. The molecule has 5 nitrogen and oxygen atoms in total. The van der Waals surface area contributed by atoms with Crippen LogP contribution >= 0.6 is 23.2 Å². The van der Waals surface area contributed by atoms with Crippen LogP contribution in [0.1, 0.15) is 24.5 Å². The van der Waals surface area contributed by atoms with Gasteiger partial charge in [0, 0.05) is 0 Å². The molecule has 1 saturated heterocycles. The molecule has 1 atom stereocenters. The Morgan fingerprint density at radius 3 is 2.48 bits per heavy atom. The SMILES string of the molecule is CC[C@]1(c2ccccc2)NC(=O)N(/N=C\c2ccc(Cl)c(Cl)c2)C1=O. The van der Waals surface area contributed by atoms with Crippen LogP contribution in [0.5, 0.6) is 0 Å². The molecule has 1 heterocycles. The maximum absolute atomic E-state index is 12.9. The summed E-state index contributed by atoms with van der Waals surface area (Å²) in [7, 11) is 0. The van der Waals surface area contributed by atoms with Crippen LogP contribution in [0.15, 0.2) is 53.6 Å². The molecule has 128 valence electrons. The van der Waals surface area contributed by atoms with Crippen molar-refractivity contribution < 1.29 is 9.59 Å². The molecule has 0 radical (unpaired) electrons. The van der Waals surface area contributed by atoms with E-state index in [9.17, 15) is 9.59 Å². The van der Waals surface area contributed by atoms with E-state index >= 15 is 0 Å². The average molecular weight is 376 g/mol. The predicted octanol–water partition coefficient (Wildman–Crippen LogP) is 4.18. The van der Waals surface area contributed by atoms with E-state index in [2.05, 4.69) is 10.4 Å². The van der Waals surface area contributed by atoms with Gasteiger partial charge >= 0.3 is 6.03 Å². The molecule has 0 unspecified atom stereocenters. The Labute approximate surface area is 155 Å². The Hall–Kier alpha value is -2.37. The van der Waals surface area contributed by atoms with E-state index < -0.39 is 17.5 Å². The Morgan fingerprint density at radius 2 is 1.84 bits per heavy atom. The lowest BCUT2D eigenvalue weighted by molar-refractivity contribution is -0.131. The van der Waals surface area contributed by atoms with Gasteiger partial charge in [-0.05, 0) is 29.7 Å². The first-order valence-corrected chi connectivity index (χ1v) is 8.45. The number of hydrogen-bond acceptors (Lipinski definition) is 3. The molecule has 3 rings (SSSR count). The Morgan fingerprint density at radius 1 is 1.12 bits per heavy atom. The maximum Gasteiger partial charge on any atom is 0.346 e. The second-order valence-corrected chi connectivity index (χ2v) is 6.40. The summed E-state index contributed by atoms with van der Waals surface area (Å²) < 4.78 is 0. The normalized spacial score (nSPS) is 20.4. The predicted molar refractivity (Wildman–Crippen MR) is 97.8 cm³/mol. The lowest BCUT2D eigenvalue weighted by atomic mass is 9.87. The van der Waals surface area contributed by atoms with Crippen molar-refractivity contribution in [1.29, 1.82) is 0 Å². The van der Waals surface area contributed by atoms with Crippen molar-refractivity contribution in [3.63, 3.8) is 0 Å². The van der Waals surface area contributed by atoms with E-state index in [1.54, 1.807) is 18.2 Å². The molecule has 2 aromatic carbocycles. The van der Waals surface area contributed by atoms with Gasteiger partial charge in [-0.2, -0.15) is 5.10 Å². The number of imide groups is 1. The van der Waals surface area contributed by atoms with Crippen molar-refractivity contribution >= 4 is 41.4 Å². The summed E-state index contributed by atoms with van der Waals surface area (Å²) in [6, 6.07) is 13.5. The summed E-state index contributed by atoms with van der Waals surface area (Å²) in [5.74, 6) is -0.414. The number of hydrogen-bond donors (Lipinski definition) is 1. The van der Waals surface area contributed by atoms with Crippen molar-refractivity contribution in [3.8, 4) is 0 Å². The molecular weight excluding hydrogens is 361 g/mol. The smallest absolute Gasteiger partial charge is 0.318 e. The minimum Gasteiger partial charge on any atom is -0.318 e. The van der Waals surface area contributed by atoms with E-state index in [0.717, 1.165) is 10.6 Å². The Balaban J connectivity index is 1.91. The minimum atomic E-state index is -1.10. The van der Waals surface area contributed by atoms with E-state index in [0.29, 0.717) is 22.0 Å². The quantitative estimate of drug-likeness (QED) is 0.643. The number of carbonyl (C=O) groups excluding carboxylic acids is 2. The molecule has 1 aliphatic rings. The molecular formula is C18H15Cl2N3O2. The Kier molecular flexibility index (Phi) is 4.79. The molecule has 1 N–H and O–H groups in total. The average Bonchev–Trinajstić information content (AvgIpc) is 2.88. The molecule has 7 heteroatoms. The summed E-state index contributed by atoms with van der Waals surface area (Å²) in [6.45, 7) is 1.84. The largest absolute Gasteiger partial charge is 0.346 e. The first-order chi connectivity index (χ1) is 12.0. The molecule has 0 spiro atoms. The van der Waals surface area contributed by atoms with Crippen LogP contribution in [0.4, 0.5) is 4.79 Å². The molecule has 0 bridgehead atoms. The van der Waals surface area contributed by atoms with Gasteiger partial charge in [0.2, 0.25) is 0 Å². The number of rotatable bonds is 4. The molecule has 3 amide bonds. The number of benzene rings is 2. The third-order valence-corrected chi connectivity index (χ3v) is 4.87. The minimum absolute atomic E-state index is 0.370. The first-order valence-electron chi connectivity index (χ1n) is 7.69. The van der Waals surface area contributed by atoms with E-state index in [4.69, 9.17) is 23.2 Å². The summed E-state index contributed by atoms with van der Waals surface area (Å²) in [5, 5.41) is 8.44. The van der Waals surface area contributed by atoms with Gasteiger partial charge in [0.15, 0.2) is 0 Å². The summed E-state index contributed by atoms with van der Waals surface area (Å²) in [6.07, 6.45) is 1.82. The zero-order valence-corrected chi connectivity index (χ0v) is 14.9. The second kappa shape index (κ2) is 6.86. The van der Waals surface area contributed by atoms with Crippen molar-refractivity contribution in [3.05, 3.63) is 69.7 Å². The molecule has 0 aromatic heterocycles. The highest BCUT2D eigenvalue weighted by Crippen LogP contribution is 2.32. The highest BCUT2D eigenvalue weighted by atomic mass is 35.5. The van der Waals surface area contributed by atoms with Crippen LogP contribution in [0, 0.1) is 0 Å². The van der Waals surface area contributed by atoms with Crippen molar-refractivity contribution in [2.75, 3.05) is 0 Å². The number of nitrogens with zero attached hydrogens (tertiary/aromatic N) is 2. The monoisotopic (exact) mass is 375 g/mol. The highest BCUT2D eigenvalue weighted by Gasteiger charge is 2.51. The van der Waals surface area contributed by atoms with Crippen molar-refractivity contribution in [1.82, 2.24) is 10.3 Å². The van der Waals surface area contributed by atoms with Gasteiger partial charge in [-0.1, -0.05) is 66.5 Å². The van der Waals surface area contributed by atoms with Gasteiger partial charge in [0.1, 0.15) is 5.54 Å². The van der Waals surface area contributed by atoms with Crippen LogP contribution in [0.25, 0.3) is 0 Å². The zero-order valence-electron chi connectivity index (χ0n) is 13.4. The van der Waals surface area contributed by atoms with Crippen LogP contribution in [0.2, 0.25) is 10.0 Å². The van der Waals surface area contributed by atoms with Crippen molar-refractivity contribution in [2.45, 2.75) is 18.9 Å². The molecule has 0 saturated carbocycles. The summed E-state index contributed by atoms with van der Waals surface area (Å²) in [5.41, 5.74) is 0.250. The third kappa shape index (κ3) is 3.13. The Bertz CT molecular complexity index is 855. The van der Waals surface area contributed by atoms with Crippen LogP contribution in [-0.4, -0.2) is 23.2 Å². The highest BCUT2D eigenvalue weighted by molar-refractivity contribution is 6.42. The maximum atomic E-state index is 12.9. The molecule has 25 heavy (non-hydrogen) atoms. The molecule has 0 aliphatic carbocycles. The summed E-state index contributed by atoms with van der Waals surface area (Å²) in [4.78, 5) is 25.2. The van der Waals surface area contributed by atoms with Gasteiger partial charge in [0.05, 0.1) is 16.3 Å². The first kappa shape index (κ1) is 17.5.